The predicted octanol–water partition coefficient (Wildman–Crippen LogP) is 3.42. The average Bonchev–Trinajstić information content (AvgIpc) is 3.04. The molecule has 3 aromatic rings. The maximum atomic E-state index is 11.6. The van der Waals surface area contributed by atoms with E-state index in [9.17, 15) is 8.42 Å². The molecule has 0 bridgehead atoms. The Morgan fingerprint density at radius 2 is 1.69 bits per heavy atom. The van der Waals surface area contributed by atoms with Crippen LogP contribution < -0.4 is 10.6 Å². The minimum Gasteiger partial charge on any atom is -0.356 e. The number of hydrogen-bond acceptors (Lipinski definition) is 4. The zero-order chi connectivity index (χ0) is 22.4. The Morgan fingerprint density at radius 3 is 2.28 bits per heavy atom. The van der Waals surface area contributed by atoms with Crippen molar-refractivity contribution >= 4 is 39.8 Å². The first kappa shape index (κ1) is 25.9. The van der Waals surface area contributed by atoms with E-state index in [4.69, 9.17) is 0 Å². The van der Waals surface area contributed by atoms with Crippen molar-refractivity contribution < 1.29 is 8.42 Å². The van der Waals surface area contributed by atoms with Gasteiger partial charge >= 0.3 is 0 Å². The van der Waals surface area contributed by atoms with Crippen molar-refractivity contribution in [1.82, 2.24) is 20.4 Å². The van der Waals surface area contributed by atoms with Gasteiger partial charge in [-0.25, -0.2) is 13.1 Å². The molecule has 172 valence electrons. The Hall–Kier alpha value is -2.40. The van der Waals surface area contributed by atoms with Crippen LogP contribution in [0.25, 0.3) is 5.69 Å². The Kier molecular flexibility index (Phi) is 9.26. The number of benzene rings is 2. The molecule has 1 aromatic heterocycles. The summed E-state index contributed by atoms with van der Waals surface area (Å²) in [6, 6.07) is 17.1. The molecule has 2 N–H and O–H groups in total. The van der Waals surface area contributed by atoms with E-state index in [0.717, 1.165) is 34.6 Å². The lowest BCUT2D eigenvalue weighted by Gasteiger charge is -2.12. The van der Waals surface area contributed by atoms with Crippen LogP contribution in [-0.2, 0) is 22.8 Å². The standard InChI is InChI=1S/C23H29N5O2S.HI/c1-17-22(18(2)28(27-17)20-8-6-5-7-9-20)16-26-23(24-3)25-15-14-19-10-12-21(13-11-19)31(4,29)30;/h5-13H,14-16H2,1-4H3,(H2,24,25,26);1H. The van der Waals surface area contributed by atoms with E-state index in [-0.39, 0.29) is 24.0 Å². The van der Waals surface area contributed by atoms with Gasteiger partial charge in [0.2, 0.25) is 0 Å². The quantitative estimate of drug-likeness (QED) is 0.260. The van der Waals surface area contributed by atoms with Gasteiger partial charge < -0.3 is 10.6 Å². The third-order valence-electron chi connectivity index (χ3n) is 5.16. The molecule has 0 amide bonds. The second kappa shape index (κ2) is 11.5. The molecule has 9 heteroatoms. The highest BCUT2D eigenvalue weighted by atomic mass is 127. The number of aromatic nitrogens is 2. The van der Waals surface area contributed by atoms with Crippen molar-refractivity contribution in [1.29, 1.82) is 0 Å². The lowest BCUT2D eigenvalue weighted by atomic mass is 10.1. The van der Waals surface area contributed by atoms with Crippen molar-refractivity contribution in [2.45, 2.75) is 31.7 Å². The van der Waals surface area contributed by atoms with Gasteiger partial charge in [0.05, 0.1) is 16.3 Å². The van der Waals surface area contributed by atoms with Gasteiger partial charge in [-0.1, -0.05) is 30.3 Å². The van der Waals surface area contributed by atoms with Gasteiger partial charge in [-0.2, -0.15) is 5.10 Å². The number of nitrogens with zero attached hydrogens (tertiary/aromatic N) is 3. The van der Waals surface area contributed by atoms with Crippen molar-refractivity contribution in [3.05, 3.63) is 77.1 Å². The molecule has 0 saturated heterocycles. The Morgan fingerprint density at radius 1 is 1.03 bits per heavy atom. The van der Waals surface area contributed by atoms with Gasteiger partial charge in [0.25, 0.3) is 0 Å². The summed E-state index contributed by atoms with van der Waals surface area (Å²) in [6.07, 6.45) is 1.97. The summed E-state index contributed by atoms with van der Waals surface area (Å²) in [5.41, 5.74) is 5.32. The number of aliphatic imine (C=N–C) groups is 1. The Labute approximate surface area is 207 Å². The summed E-state index contributed by atoms with van der Waals surface area (Å²) in [4.78, 5) is 4.63. The number of halogens is 1. The molecule has 0 aliphatic heterocycles. The van der Waals surface area contributed by atoms with Crippen LogP contribution in [0.4, 0.5) is 0 Å². The molecule has 0 spiro atoms. The molecule has 0 unspecified atom stereocenters. The van der Waals surface area contributed by atoms with Crippen LogP contribution >= 0.6 is 24.0 Å². The largest absolute Gasteiger partial charge is 0.356 e. The van der Waals surface area contributed by atoms with Gasteiger partial charge in [0, 0.05) is 37.7 Å². The molecule has 0 atom stereocenters. The summed E-state index contributed by atoms with van der Waals surface area (Å²) in [7, 11) is -1.43. The van der Waals surface area contributed by atoms with Crippen LogP contribution in [0, 0.1) is 13.8 Å². The molecule has 0 fully saturated rings. The van der Waals surface area contributed by atoms with Gasteiger partial charge in [-0.05, 0) is 50.1 Å². The van der Waals surface area contributed by atoms with E-state index in [1.807, 2.05) is 54.1 Å². The maximum Gasteiger partial charge on any atom is 0.191 e. The molecule has 0 aliphatic rings. The summed E-state index contributed by atoms with van der Waals surface area (Å²) >= 11 is 0. The number of rotatable bonds is 7. The molecule has 7 nitrogen and oxygen atoms in total. The maximum absolute atomic E-state index is 11.6. The smallest absolute Gasteiger partial charge is 0.191 e. The lowest BCUT2D eigenvalue weighted by Crippen LogP contribution is -2.38. The number of sulfone groups is 1. The molecule has 0 saturated carbocycles. The first-order valence-electron chi connectivity index (χ1n) is 10.1. The molecule has 32 heavy (non-hydrogen) atoms. The number of hydrogen-bond donors (Lipinski definition) is 2. The highest BCUT2D eigenvalue weighted by Crippen LogP contribution is 2.17. The Balaban J connectivity index is 0.00000363. The fraction of sp³-hybridized carbons (Fsp3) is 0.304. The molecule has 0 radical (unpaired) electrons. The van der Waals surface area contributed by atoms with Crippen LogP contribution in [0.15, 0.2) is 64.5 Å². The highest BCUT2D eigenvalue weighted by Gasteiger charge is 2.13. The van der Waals surface area contributed by atoms with Gasteiger partial charge in [0.1, 0.15) is 0 Å². The molecule has 0 aliphatic carbocycles. The van der Waals surface area contributed by atoms with E-state index in [2.05, 4.69) is 27.6 Å². The summed E-state index contributed by atoms with van der Waals surface area (Å²) in [5, 5.41) is 11.3. The van der Waals surface area contributed by atoms with E-state index in [1.165, 1.54) is 6.26 Å². The molecule has 1 heterocycles. The fourth-order valence-electron chi connectivity index (χ4n) is 3.37. The first-order valence-corrected chi connectivity index (χ1v) is 12.0. The third-order valence-corrected chi connectivity index (χ3v) is 6.28. The molecular formula is C23H30IN5O2S. The molecular weight excluding hydrogens is 537 g/mol. The Bertz CT molecular complexity index is 1160. The van der Waals surface area contributed by atoms with Gasteiger partial charge in [-0.15, -0.1) is 24.0 Å². The van der Waals surface area contributed by atoms with Crippen molar-refractivity contribution in [3.63, 3.8) is 0 Å². The minimum absolute atomic E-state index is 0. The monoisotopic (exact) mass is 567 g/mol. The van der Waals surface area contributed by atoms with E-state index in [0.29, 0.717) is 23.9 Å². The average molecular weight is 567 g/mol. The van der Waals surface area contributed by atoms with Crippen LogP contribution in [0.3, 0.4) is 0 Å². The first-order chi connectivity index (χ1) is 14.8. The topological polar surface area (TPSA) is 88.4 Å². The normalized spacial score (nSPS) is 11.7. The SMILES string of the molecule is CN=C(NCCc1ccc(S(C)(=O)=O)cc1)NCc1c(C)nn(-c2ccccc2)c1C.I. The molecule has 2 aromatic carbocycles. The number of nitrogens with one attached hydrogen (secondary N) is 2. The second-order valence-corrected chi connectivity index (χ2v) is 9.43. The van der Waals surface area contributed by atoms with Crippen molar-refractivity contribution in [2.24, 2.45) is 4.99 Å². The molecule has 3 rings (SSSR count). The summed E-state index contributed by atoms with van der Waals surface area (Å²) < 4.78 is 25.1. The fourth-order valence-corrected chi connectivity index (χ4v) is 4.00. The van der Waals surface area contributed by atoms with E-state index < -0.39 is 9.84 Å². The number of guanidine groups is 1. The zero-order valence-corrected chi connectivity index (χ0v) is 21.9. The lowest BCUT2D eigenvalue weighted by molar-refractivity contribution is 0.602. The highest BCUT2D eigenvalue weighted by molar-refractivity contribution is 14.0. The minimum atomic E-state index is -3.17. The predicted molar refractivity (Wildman–Crippen MR) is 140 cm³/mol. The van der Waals surface area contributed by atoms with E-state index >= 15 is 0 Å². The van der Waals surface area contributed by atoms with Crippen molar-refractivity contribution in [3.8, 4) is 5.69 Å². The summed E-state index contributed by atoms with van der Waals surface area (Å²) in [5.74, 6) is 0.707. The zero-order valence-electron chi connectivity index (χ0n) is 18.8. The number of para-hydroxylation sites is 1. The van der Waals surface area contributed by atoms with E-state index in [1.54, 1.807) is 19.2 Å². The summed E-state index contributed by atoms with van der Waals surface area (Å²) in [6.45, 7) is 5.38. The van der Waals surface area contributed by atoms with Crippen LogP contribution in [0.5, 0.6) is 0 Å². The van der Waals surface area contributed by atoms with Crippen LogP contribution in [0.2, 0.25) is 0 Å². The van der Waals surface area contributed by atoms with Gasteiger partial charge in [0.15, 0.2) is 15.8 Å². The third kappa shape index (κ3) is 6.55. The number of aryl methyl sites for hydroxylation is 1. The van der Waals surface area contributed by atoms with Gasteiger partial charge in [-0.3, -0.25) is 4.99 Å². The van der Waals surface area contributed by atoms with Crippen molar-refractivity contribution in [2.75, 3.05) is 19.8 Å². The van der Waals surface area contributed by atoms with Crippen LogP contribution in [0.1, 0.15) is 22.5 Å². The second-order valence-electron chi connectivity index (χ2n) is 7.42. The van der Waals surface area contributed by atoms with Crippen LogP contribution in [-0.4, -0.2) is 44.0 Å².